The fraction of sp³-hybridized carbons (Fsp3) is 0.167. The first-order valence-electron chi connectivity index (χ1n) is 3.16. The number of carbonyl (C=O) groups excluding carboxylic acids is 1. The third kappa shape index (κ3) is 2.08. The van der Waals surface area contributed by atoms with E-state index >= 15 is 0 Å². The molecule has 6 heteroatoms. The second kappa shape index (κ2) is 3.51. The summed E-state index contributed by atoms with van der Waals surface area (Å²) >= 11 is 0. The third-order valence-corrected chi connectivity index (χ3v) is 1.05. The molecular weight excluding hydrogens is 162 g/mol. The van der Waals surface area contributed by atoms with Crippen LogP contribution in [0.3, 0.4) is 0 Å². The van der Waals surface area contributed by atoms with Crippen LogP contribution < -0.4 is 15.6 Å². The number of amides is 1. The fourth-order valence-electron chi connectivity index (χ4n) is 0.572. The van der Waals surface area contributed by atoms with Crippen molar-refractivity contribution in [3.05, 3.63) is 22.6 Å². The van der Waals surface area contributed by atoms with Crippen molar-refractivity contribution in [1.29, 1.82) is 0 Å². The number of nitrogens with zero attached hydrogens (tertiary/aromatic N) is 1. The van der Waals surface area contributed by atoms with Gasteiger partial charge in [0.2, 0.25) is 0 Å². The molecule has 0 atom stereocenters. The molecule has 0 saturated carbocycles. The number of rotatable bonds is 1. The van der Waals surface area contributed by atoms with Gasteiger partial charge in [-0.25, -0.2) is 9.89 Å². The van der Waals surface area contributed by atoms with Crippen LogP contribution in [0.2, 0.25) is 0 Å². The first kappa shape index (κ1) is 8.25. The van der Waals surface area contributed by atoms with Gasteiger partial charge in [-0.3, -0.25) is 4.79 Å². The molecule has 0 saturated heterocycles. The number of hydrogen-bond acceptors (Lipinski definition) is 4. The quantitative estimate of drug-likeness (QED) is 0.592. The van der Waals surface area contributed by atoms with E-state index in [1.165, 1.54) is 13.2 Å². The number of aromatic nitrogens is 2. The molecule has 2 N–H and O–H groups in total. The van der Waals surface area contributed by atoms with Gasteiger partial charge in [0.1, 0.15) is 0 Å². The van der Waals surface area contributed by atoms with Crippen LogP contribution in [0.5, 0.6) is 5.75 Å². The second-order valence-corrected chi connectivity index (χ2v) is 1.92. The molecule has 1 heterocycles. The van der Waals surface area contributed by atoms with Gasteiger partial charge in [-0.05, 0) is 0 Å². The van der Waals surface area contributed by atoms with Crippen LogP contribution in [0.25, 0.3) is 0 Å². The van der Waals surface area contributed by atoms with Crippen LogP contribution in [-0.4, -0.2) is 23.3 Å². The lowest BCUT2D eigenvalue weighted by Crippen LogP contribution is -2.22. The van der Waals surface area contributed by atoms with Crippen LogP contribution in [0.4, 0.5) is 4.79 Å². The molecule has 0 radical (unpaired) electrons. The number of H-pyrrole nitrogens is 1. The number of aromatic amines is 1. The van der Waals surface area contributed by atoms with E-state index in [0.29, 0.717) is 0 Å². The maximum absolute atomic E-state index is 10.6. The maximum Gasteiger partial charge on any atom is 0.412 e. The number of ether oxygens (including phenoxy) is 1. The predicted octanol–water partition coefficient (Wildman–Crippen LogP) is -0.512. The third-order valence-electron chi connectivity index (χ3n) is 1.05. The lowest BCUT2D eigenvalue weighted by Gasteiger charge is -1.99. The highest BCUT2D eigenvalue weighted by atomic mass is 16.6. The lowest BCUT2D eigenvalue weighted by atomic mass is 10.5. The number of nitrogens with one attached hydrogen (secondary N) is 2. The summed E-state index contributed by atoms with van der Waals surface area (Å²) in [6.07, 6.45) is 0.596. The molecule has 0 fully saturated rings. The molecule has 64 valence electrons. The van der Waals surface area contributed by atoms with E-state index < -0.39 is 11.7 Å². The number of hydrogen-bond donors (Lipinski definition) is 2. The minimum atomic E-state index is -0.637. The number of carbonyl (C=O) groups is 1. The van der Waals surface area contributed by atoms with Gasteiger partial charge >= 0.3 is 6.09 Å². The summed E-state index contributed by atoms with van der Waals surface area (Å²) in [4.78, 5) is 21.2. The average molecular weight is 169 g/mol. The van der Waals surface area contributed by atoms with Crippen molar-refractivity contribution in [2.45, 2.75) is 0 Å². The Labute approximate surface area is 67.6 Å². The van der Waals surface area contributed by atoms with Crippen molar-refractivity contribution in [1.82, 2.24) is 15.5 Å². The summed E-state index contributed by atoms with van der Waals surface area (Å²) < 4.78 is 4.61. The smallest absolute Gasteiger partial charge is 0.408 e. The molecule has 0 spiro atoms. The zero-order valence-corrected chi connectivity index (χ0v) is 6.33. The van der Waals surface area contributed by atoms with Crippen molar-refractivity contribution in [3.8, 4) is 5.75 Å². The average Bonchev–Trinajstić information content (AvgIpc) is 2.04. The van der Waals surface area contributed by atoms with Gasteiger partial charge in [0, 0.05) is 13.1 Å². The molecule has 1 aromatic rings. The highest BCUT2D eigenvalue weighted by molar-refractivity contribution is 5.69. The van der Waals surface area contributed by atoms with E-state index in [2.05, 4.69) is 20.3 Å². The van der Waals surface area contributed by atoms with Crippen molar-refractivity contribution in [2.24, 2.45) is 0 Å². The Morgan fingerprint density at radius 1 is 1.75 bits per heavy atom. The van der Waals surface area contributed by atoms with Gasteiger partial charge in [0.05, 0.1) is 6.20 Å². The SMILES string of the molecule is CNC(=O)Oc1cn[nH]c(=O)c1. The molecule has 1 amide bonds. The van der Waals surface area contributed by atoms with Crippen LogP contribution in [0.1, 0.15) is 0 Å². The van der Waals surface area contributed by atoms with Crippen molar-refractivity contribution in [2.75, 3.05) is 7.05 Å². The van der Waals surface area contributed by atoms with Gasteiger partial charge in [-0.1, -0.05) is 0 Å². The molecule has 0 aromatic carbocycles. The Balaban J connectivity index is 2.76. The van der Waals surface area contributed by atoms with E-state index in [-0.39, 0.29) is 5.75 Å². The molecule has 6 nitrogen and oxygen atoms in total. The van der Waals surface area contributed by atoms with Gasteiger partial charge in [0.25, 0.3) is 5.56 Å². The Hall–Kier alpha value is -1.85. The lowest BCUT2D eigenvalue weighted by molar-refractivity contribution is 0.202. The van der Waals surface area contributed by atoms with E-state index in [0.717, 1.165) is 6.07 Å². The minimum Gasteiger partial charge on any atom is -0.408 e. The molecule has 12 heavy (non-hydrogen) atoms. The van der Waals surface area contributed by atoms with E-state index in [9.17, 15) is 9.59 Å². The molecule has 0 aliphatic heterocycles. The van der Waals surface area contributed by atoms with E-state index in [1.807, 2.05) is 0 Å². The molecule has 0 bridgehead atoms. The van der Waals surface area contributed by atoms with Crippen LogP contribution in [-0.2, 0) is 0 Å². The summed E-state index contributed by atoms with van der Waals surface area (Å²) in [6.45, 7) is 0. The predicted molar refractivity (Wildman–Crippen MR) is 39.9 cm³/mol. The van der Waals surface area contributed by atoms with E-state index in [1.54, 1.807) is 0 Å². The van der Waals surface area contributed by atoms with Crippen LogP contribution in [0, 0.1) is 0 Å². The Bertz CT molecular complexity index is 333. The van der Waals surface area contributed by atoms with Crippen LogP contribution in [0.15, 0.2) is 17.1 Å². The molecule has 1 aromatic heterocycles. The normalized spacial score (nSPS) is 9.08. The highest BCUT2D eigenvalue weighted by Crippen LogP contribution is 2.01. The summed E-state index contributed by atoms with van der Waals surface area (Å²) in [5.41, 5.74) is -0.420. The van der Waals surface area contributed by atoms with Gasteiger partial charge in [-0.15, -0.1) is 0 Å². The van der Waals surface area contributed by atoms with Crippen LogP contribution >= 0.6 is 0 Å². The first-order valence-corrected chi connectivity index (χ1v) is 3.16. The van der Waals surface area contributed by atoms with Crippen molar-refractivity contribution < 1.29 is 9.53 Å². The molecule has 0 unspecified atom stereocenters. The molecular formula is C6H7N3O3. The highest BCUT2D eigenvalue weighted by Gasteiger charge is 2.00. The monoisotopic (exact) mass is 169 g/mol. The summed E-state index contributed by atoms with van der Waals surface area (Å²) in [5, 5.41) is 7.81. The maximum atomic E-state index is 10.6. The summed E-state index contributed by atoms with van der Waals surface area (Å²) in [6, 6.07) is 1.13. The Kier molecular flexibility index (Phi) is 2.42. The van der Waals surface area contributed by atoms with E-state index in [4.69, 9.17) is 0 Å². The molecule has 0 aliphatic rings. The topological polar surface area (TPSA) is 84.1 Å². The summed E-state index contributed by atoms with van der Waals surface area (Å²) in [7, 11) is 1.42. The van der Waals surface area contributed by atoms with Gasteiger partial charge in [0.15, 0.2) is 5.75 Å². The van der Waals surface area contributed by atoms with Crippen molar-refractivity contribution in [3.63, 3.8) is 0 Å². The minimum absolute atomic E-state index is 0.109. The zero-order chi connectivity index (χ0) is 8.97. The Morgan fingerprint density at radius 2 is 2.50 bits per heavy atom. The molecule has 0 aliphatic carbocycles. The summed E-state index contributed by atoms with van der Waals surface area (Å²) in [5.74, 6) is 0.109. The first-order chi connectivity index (χ1) is 5.72. The van der Waals surface area contributed by atoms with Gasteiger partial charge < -0.3 is 10.1 Å². The standard InChI is InChI=1S/C6H7N3O3/c1-7-6(11)12-4-2-5(10)9-8-3-4/h2-3H,1H3,(H,7,11)(H,9,10). The second-order valence-electron chi connectivity index (χ2n) is 1.92. The Morgan fingerprint density at radius 3 is 3.08 bits per heavy atom. The fourth-order valence-corrected chi connectivity index (χ4v) is 0.572. The largest absolute Gasteiger partial charge is 0.412 e. The molecule has 1 rings (SSSR count). The zero-order valence-electron chi connectivity index (χ0n) is 6.33. The van der Waals surface area contributed by atoms with Gasteiger partial charge in [-0.2, -0.15) is 5.10 Å². The van der Waals surface area contributed by atoms with Crippen molar-refractivity contribution >= 4 is 6.09 Å².